The van der Waals surface area contributed by atoms with Gasteiger partial charge in [0.05, 0.1) is 12.7 Å². The maximum Gasteiger partial charge on any atom is 0.246 e. The van der Waals surface area contributed by atoms with Crippen LogP contribution in [-0.4, -0.2) is 42.2 Å². The fourth-order valence-electron chi connectivity index (χ4n) is 3.28. The van der Waals surface area contributed by atoms with E-state index in [4.69, 9.17) is 4.74 Å². The standard InChI is InChI=1S/C18H23NO3/c1-19(12-15-3-2-4-16(15)20)18(21)8-6-13-5-7-17-14(11-13)9-10-22-17/h5-8,11,15-16,20H,2-4,9-10,12H2,1H3/b8-6+. The molecule has 1 aliphatic heterocycles. The number of hydrogen-bond acceptors (Lipinski definition) is 3. The summed E-state index contributed by atoms with van der Waals surface area (Å²) in [5.74, 6) is 1.16. The monoisotopic (exact) mass is 301 g/mol. The Hall–Kier alpha value is -1.81. The van der Waals surface area contributed by atoms with E-state index in [1.807, 2.05) is 18.2 Å². The second-order valence-corrected chi connectivity index (χ2v) is 6.28. The first kappa shape index (κ1) is 15.1. The molecule has 2 aliphatic rings. The lowest BCUT2D eigenvalue weighted by Crippen LogP contribution is -2.33. The van der Waals surface area contributed by atoms with Crippen molar-refractivity contribution in [2.24, 2.45) is 5.92 Å². The first-order valence-corrected chi connectivity index (χ1v) is 8.00. The van der Waals surface area contributed by atoms with Gasteiger partial charge in [0.25, 0.3) is 0 Å². The zero-order valence-electron chi connectivity index (χ0n) is 13.0. The van der Waals surface area contributed by atoms with Gasteiger partial charge in [-0.3, -0.25) is 4.79 Å². The van der Waals surface area contributed by atoms with E-state index in [-0.39, 0.29) is 17.9 Å². The number of benzene rings is 1. The third-order valence-electron chi connectivity index (χ3n) is 4.64. The highest BCUT2D eigenvalue weighted by Crippen LogP contribution is 2.27. The molecule has 1 heterocycles. The van der Waals surface area contributed by atoms with Crippen LogP contribution in [0.15, 0.2) is 24.3 Å². The van der Waals surface area contributed by atoms with Gasteiger partial charge in [0.2, 0.25) is 5.91 Å². The Morgan fingerprint density at radius 1 is 1.45 bits per heavy atom. The van der Waals surface area contributed by atoms with Crippen LogP contribution < -0.4 is 4.74 Å². The summed E-state index contributed by atoms with van der Waals surface area (Å²) < 4.78 is 5.48. The molecule has 4 nitrogen and oxygen atoms in total. The second-order valence-electron chi connectivity index (χ2n) is 6.28. The lowest BCUT2D eigenvalue weighted by molar-refractivity contribution is -0.125. The van der Waals surface area contributed by atoms with Crippen LogP contribution in [0.2, 0.25) is 0 Å². The maximum absolute atomic E-state index is 12.2. The Kier molecular flexibility index (Phi) is 4.48. The molecule has 3 rings (SSSR count). The number of amides is 1. The number of carbonyl (C=O) groups excluding carboxylic acids is 1. The molecule has 0 spiro atoms. The predicted octanol–water partition coefficient (Wildman–Crippen LogP) is 2.25. The van der Waals surface area contributed by atoms with Crippen molar-refractivity contribution in [3.8, 4) is 5.75 Å². The van der Waals surface area contributed by atoms with Crippen LogP contribution in [0.1, 0.15) is 30.4 Å². The second kappa shape index (κ2) is 6.53. The number of hydrogen-bond donors (Lipinski definition) is 1. The average Bonchev–Trinajstić information content (AvgIpc) is 3.13. The van der Waals surface area contributed by atoms with E-state index < -0.39 is 0 Å². The summed E-state index contributed by atoms with van der Waals surface area (Å²) in [7, 11) is 1.80. The van der Waals surface area contributed by atoms with Crippen molar-refractivity contribution in [2.75, 3.05) is 20.2 Å². The van der Waals surface area contributed by atoms with E-state index in [1.165, 1.54) is 5.56 Å². The molecule has 1 fully saturated rings. The number of likely N-dealkylation sites (N-methyl/N-ethyl adjacent to an activating group) is 1. The Labute approximate surface area is 131 Å². The van der Waals surface area contributed by atoms with Gasteiger partial charge in [0.15, 0.2) is 0 Å². The fraction of sp³-hybridized carbons (Fsp3) is 0.500. The molecule has 0 aromatic heterocycles. The van der Waals surface area contributed by atoms with E-state index in [0.29, 0.717) is 6.54 Å². The molecule has 22 heavy (non-hydrogen) atoms. The van der Waals surface area contributed by atoms with Gasteiger partial charge in [0, 0.05) is 32.0 Å². The van der Waals surface area contributed by atoms with Crippen LogP contribution in [-0.2, 0) is 11.2 Å². The summed E-state index contributed by atoms with van der Waals surface area (Å²) >= 11 is 0. The summed E-state index contributed by atoms with van der Waals surface area (Å²) in [5.41, 5.74) is 2.23. The minimum absolute atomic E-state index is 0.0177. The summed E-state index contributed by atoms with van der Waals surface area (Å²) in [4.78, 5) is 13.9. The molecular formula is C18H23NO3. The number of ether oxygens (including phenoxy) is 1. The molecule has 1 aromatic carbocycles. The number of aliphatic hydroxyl groups is 1. The third-order valence-corrected chi connectivity index (χ3v) is 4.64. The molecule has 0 saturated heterocycles. The van der Waals surface area contributed by atoms with Gasteiger partial charge in [-0.15, -0.1) is 0 Å². The number of carbonyl (C=O) groups is 1. The van der Waals surface area contributed by atoms with Crippen LogP contribution in [0.25, 0.3) is 6.08 Å². The molecule has 4 heteroatoms. The smallest absolute Gasteiger partial charge is 0.246 e. The third kappa shape index (κ3) is 3.33. The van der Waals surface area contributed by atoms with Crippen LogP contribution in [0, 0.1) is 5.92 Å². The summed E-state index contributed by atoms with van der Waals surface area (Å²) in [5, 5.41) is 9.85. The Balaban J connectivity index is 1.58. The maximum atomic E-state index is 12.2. The van der Waals surface area contributed by atoms with Gasteiger partial charge < -0.3 is 14.7 Å². The first-order valence-electron chi connectivity index (χ1n) is 8.00. The van der Waals surface area contributed by atoms with E-state index in [2.05, 4.69) is 6.07 Å². The normalized spacial score (nSPS) is 23.5. The van der Waals surface area contributed by atoms with E-state index in [0.717, 1.165) is 43.6 Å². The molecule has 1 N–H and O–H groups in total. The van der Waals surface area contributed by atoms with Gasteiger partial charge in [-0.2, -0.15) is 0 Å². The predicted molar refractivity (Wildman–Crippen MR) is 85.7 cm³/mol. The van der Waals surface area contributed by atoms with Crippen molar-refractivity contribution in [3.05, 3.63) is 35.4 Å². The molecule has 2 unspecified atom stereocenters. The molecule has 2 atom stereocenters. The minimum Gasteiger partial charge on any atom is -0.493 e. The number of rotatable bonds is 4. The van der Waals surface area contributed by atoms with Crippen molar-refractivity contribution in [1.82, 2.24) is 4.90 Å². The molecule has 0 bridgehead atoms. The topological polar surface area (TPSA) is 49.8 Å². The molecule has 118 valence electrons. The van der Waals surface area contributed by atoms with E-state index in [1.54, 1.807) is 18.0 Å². The van der Waals surface area contributed by atoms with Gasteiger partial charge in [-0.25, -0.2) is 0 Å². The minimum atomic E-state index is -0.254. The molecule has 1 aliphatic carbocycles. The van der Waals surface area contributed by atoms with Crippen LogP contribution in [0.5, 0.6) is 5.75 Å². The van der Waals surface area contributed by atoms with Crippen molar-refractivity contribution in [3.63, 3.8) is 0 Å². The largest absolute Gasteiger partial charge is 0.493 e. The SMILES string of the molecule is CN(CC1CCCC1O)C(=O)/C=C/c1ccc2c(c1)CCO2. The zero-order chi connectivity index (χ0) is 15.5. The van der Waals surface area contributed by atoms with E-state index in [9.17, 15) is 9.90 Å². The number of fused-ring (bicyclic) bond motifs is 1. The van der Waals surface area contributed by atoms with Gasteiger partial charge in [0.1, 0.15) is 5.75 Å². The highest BCUT2D eigenvalue weighted by atomic mass is 16.5. The van der Waals surface area contributed by atoms with Crippen molar-refractivity contribution in [1.29, 1.82) is 0 Å². The Morgan fingerprint density at radius 2 is 2.32 bits per heavy atom. The van der Waals surface area contributed by atoms with Crippen LogP contribution in [0.4, 0.5) is 0 Å². The van der Waals surface area contributed by atoms with E-state index >= 15 is 0 Å². The average molecular weight is 301 g/mol. The summed E-state index contributed by atoms with van der Waals surface area (Å²) in [6, 6.07) is 6.01. The quantitative estimate of drug-likeness (QED) is 0.868. The van der Waals surface area contributed by atoms with Crippen molar-refractivity contribution in [2.45, 2.75) is 31.8 Å². The summed E-state index contributed by atoms with van der Waals surface area (Å²) in [6.45, 7) is 1.37. The molecule has 0 radical (unpaired) electrons. The lowest BCUT2D eigenvalue weighted by atomic mass is 10.1. The van der Waals surface area contributed by atoms with Crippen molar-refractivity contribution >= 4 is 12.0 Å². The molecule has 1 aromatic rings. The van der Waals surface area contributed by atoms with Crippen LogP contribution in [0.3, 0.4) is 0 Å². The van der Waals surface area contributed by atoms with Gasteiger partial charge in [-0.05, 0) is 42.2 Å². The molecule has 1 saturated carbocycles. The lowest BCUT2D eigenvalue weighted by Gasteiger charge is -2.22. The molecule has 1 amide bonds. The fourth-order valence-corrected chi connectivity index (χ4v) is 3.28. The summed E-state index contributed by atoms with van der Waals surface area (Å²) in [6.07, 6.45) is 7.07. The van der Waals surface area contributed by atoms with Gasteiger partial charge in [-0.1, -0.05) is 12.5 Å². The van der Waals surface area contributed by atoms with Crippen molar-refractivity contribution < 1.29 is 14.6 Å². The number of nitrogens with zero attached hydrogens (tertiary/aromatic N) is 1. The molecular weight excluding hydrogens is 278 g/mol. The highest BCUT2D eigenvalue weighted by molar-refractivity contribution is 5.91. The first-order chi connectivity index (χ1) is 10.6. The highest BCUT2D eigenvalue weighted by Gasteiger charge is 2.26. The Morgan fingerprint density at radius 3 is 3.09 bits per heavy atom. The Bertz CT molecular complexity index is 582. The van der Waals surface area contributed by atoms with Crippen LogP contribution >= 0.6 is 0 Å². The zero-order valence-corrected chi connectivity index (χ0v) is 13.0. The van der Waals surface area contributed by atoms with Gasteiger partial charge >= 0.3 is 0 Å². The number of aliphatic hydroxyl groups excluding tert-OH is 1.